The highest BCUT2D eigenvalue weighted by Crippen LogP contribution is 2.22. The topological polar surface area (TPSA) is 70.7 Å². The lowest BCUT2D eigenvalue weighted by Gasteiger charge is -2.21. The first-order valence-corrected chi connectivity index (χ1v) is 7.61. The number of rotatable bonds is 3. The first kappa shape index (κ1) is 15.3. The van der Waals surface area contributed by atoms with Gasteiger partial charge in [0.05, 0.1) is 6.10 Å². The number of nitrogens with zero attached hydrogens (tertiary/aromatic N) is 1. The third kappa shape index (κ3) is 3.93. The quantitative estimate of drug-likeness (QED) is 0.700. The van der Waals surface area contributed by atoms with E-state index >= 15 is 0 Å². The summed E-state index contributed by atoms with van der Waals surface area (Å²) in [7, 11) is 0. The Morgan fingerprint density at radius 3 is 3.00 bits per heavy atom. The Labute approximate surface area is 120 Å². The van der Waals surface area contributed by atoms with Crippen LogP contribution in [0.2, 0.25) is 0 Å². The van der Waals surface area contributed by atoms with Gasteiger partial charge < -0.3 is 20.3 Å². The van der Waals surface area contributed by atoms with Crippen LogP contribution in [-0.2, 0) is 14.3 Å². The van der Waals surface area contributed by atoms with Gasteiger partial charge in [0.25, 0.3) is 0 Å². The van der Waals surface area contributed by atoms with Crippen molar-refractivity contribution in [1.82, 2.24) is 15.5 Å². The van der Waals surface area contributed by atoms with E-state index in [2.05, 4.69) is 17.6 Å². The minimum atomic E-state index is -0.478. The first-order valence-electron chi connectivity index (χ1n) is 7.61. The third-order valence-corrected chi connectivity index (χ3v) is 4.10. The standard InChI is InChI=1S/C14H25N3O3/c1-2-12-11(4-9-20-12)10-16-13(18)14(19)17-7-3-5-15-6-8-17/h11-12,15H,2-10H2,1H3,(H,16,18). The van der Waals surface area contributed by atoms with Gasteiger partial charge in [-0.05, 0) is 25.8 Å². The molecule has 0 aliphatic carbocycles. The fourth-order valence-electron chi connectivity index (χ4n) is 2.87. The van der Waals surface area contributed by atoms with Crippen molar-refractivity contribution in [2.45, 2.75) is 32.3 Å². The van der Waals surface area contributed by atoms with Gasteiger partial charge in [0.2, 0.25) is 0 Å². The highest BCUT2D eigenvalue weighted by Gasteiger charge is 2.28. The normalized spacial score (nSPS) is 27.1. The Balaban J connectivity index is 1.77. The van der Waals surface area contributed by atoms with Crippen molar-refractivity contribution in [3.05, 3.63) is 0 Å². The van der Waals surface area contributed by atoms with Gasteiger partial charge in [-0.1, -0.05) is 6.92 Å². The van der Waals surface area contributed by atoms with Crippen LogP contribution in [0.4, 0.5) is 0 Å². The molecule has 20 heavy (non-hydrogen) atoms. The molecule has 2 heterocycles. The molecule has 114 valence electrons. The maximum Gasteiger partial charge on any atom is 0.311 e. The number of amides is 2. The summed E-state index contributed by atoms with van der Waals surface area (Å²) in [5.41, 5.74) is 0. The largest absolute Gasteiger partial charge is 0.378 e. The molecule has 0 spiro atoms. The molecule has 0 radical (unpaired) electrons. The van der Waals surface area contributed by atoms with Gasteiger partial charge in [-0.15, -0.1) is 0 Å². The van der Waals surface area contributed by atoms with Crippen molar-refractivity contribution >= 4 is 11.8 Å². The molecular weight excluding hydrogens is 258 g/mol. The van der Waals surface area contributed by atoms with E-state index in [0.717, 1.165) is 39.0 Å². The van der Waals surface area contributed by atoms with E-state index in [1.54, 1.807) is 4.90 Å². The number of carbonyl (C=O) groups is 2. The van der Waals surface area contributed by atoms with Crippen LogP contribution in [0.25, 0.3) is 0 Å². The molecule has 2 N–H and O–H groups in total. The van der Waals surface area contributed by atoms with Crippen LogP contribution in [0, 0.1) is 5.92 Å². The van der Waals surface area contributed by atoms with Gasteiger partial charge in [-0.2, -0.15) is 0 Å². The van der Waals surface area contributed by atoms with E-state index in [0.29, 0.717) is 25.6 Å². The van der Waals surface area contributed by atoms with Crippen LogP contribution in [-0.4, -0.2) is 62.1 Å². The van der Waals surface area contributed by atoms with Gasteiger partial charge in [0, 0.05) is 38.7 Å². The molecule has 6 heteroatoms. The van der Waals surface area contributed by atoms with Crippen LogP contribution in [0.3, 0.4) is 0 Å². The van der Waals surface area contributed by atoms with Crippen LogP contribution in [0.15, 0.2) is 0 Å². The van der Waals surface area contributed by atoms with E-state index in [4.69, 9.17) is 4.74 Å². The van der Waals surface area contributed by atoms with Gasteiger partial charge in [0.15, 0.2) is 0 Å². The summed E-state index contributed by atoms with van der Waals surface area (Å²) in [6.07, 6.45) is 3.02. The number of hydrogen-bond acceptors (Lipinski definition) is 4. The molecular formula is C14H25N3O3. The van der Waals surface area contributed by atoms with Gasteiger partial charge >= 0.3 is 11.8 Å². The summed E-state index contributed by atoms with van der Waals surface area (Å²) in [5, 5.41) is 5.99. The fourth-order valence-corrected chi connectivity index (χ4v) is 2.87. The number of nitrogens with one attached hydrogen (secondary N) is 2. The predicted molar refractivity (Wildman–Crippen MR) is 75.2 cm³/mol. The molecule has 0 aromatic rings. The Hall–Kier alpha value is -1.14. The molecule has 2 aliphatic heterocycles. The van der Waals surface area contributed by atoms with E-state index in [9.17, 15) is 9.59 Å². The second-order valence-electron chi connectivity index (χ2n) is 5.47. The predicted octanol–water partition coefficient (Wildman–Crippen LogP) is -0.260. The van der Waals surface area contributed by atoms with Gasteiger partial charge in [0.1, 0.15) is 0 Å². The zero-order valence-electron chi connectivity index (χ0n) is 12.2. The summed E-state index contributed by atoms with van der Waals surface area (Å²) < 4.78 is 5.59. The molecule has 2 fully saturated rings. The van der Waals surface area contributed by atoms with Crippen molar-refractivity contribution in [2.75, 3.05) is 39.3 Å². The maximum atomic E-state index is 12.1. The number of carbonyl (C=O) groups excluding carboxylic acids is 2. The van der Waals surface area contributed by atoms with Crippen LogP contribution in [0.5, 0.6) is 0 Å². The van der Waals surface area contributed by atoms with Crippen LogP contribution >= 0.6 is 0 Å². The summed E-state index contributed by atoms with van der Waals surface area (Å²) in [4.78, 5) is 25.6. The first-order chi connectivity index (χ1) is 9.72. The highest BCUT2D eigenvalue weighted by molar-refractivity contribution is 6.35. The molecule has 2 unspecified atom stereocenters. The average molecular weight is 283 g/mol. The second kappa shape index (κ2) is 7.59. The Morgan fingerprint density at radius 1 is 1.35 bits per heavy atom. The highest BCUT2D eigenvalue weighted by atomic mass is 16.5. The lowest BCUT2D eigenvalue weighted by molar-refractivity contribution is -0.145. The molecule has 0 bridgehead atoms. The molecule has 0 aromatic heterocycles. The lowest BCUT2D eigenvalue weighted by atomic mass is 10.00. The SMILES string of the molecule is CCC1OCCC1CNC(=O)C(=O)N1CCCNCC1. The van der Waals surface area contributed by atoms with E-state index in [1.165, 1.54) is 0 Å². The minimum absolute atomic E-state index is 0.216. The summed E-state index contributed by atoms with van der Waals surface area (Å²) in [5.74, 6) is -0.545. The molecule has 2 rings (SSSR count). The van der Waals surface area contributed by atoms with E-state index in [-0.39, 0.29) is 6.10 Å². The van der Waals surface area contributed by atoms with Crippen molar-refractivity contribution in [1.29, 1.82) is 0 Å². The molecule has 2 saturated heterocycles. The minimum Gasteiger partial charge on any atom is -0.378 e. The summed E-state index contributed by atoms with van der Waals surface area (Å²) in [6, 6.07) is 0. The maximum absolute atomic E-state index is 12.1. The zero-order valence-corrected chi connectivity index (χ0v) is 12.2. The Morgan fingerprint density at radius 2 is 2.20 bits per heavy atom. The molecule has 0 saturated carbocycles. The van der Waals surface area contributed by atoms with E-state index < -0.39 is 11.8 Å². The van der Waals surface area contributed by atoms with Gasteiger partial charge in [-0.3, -0.25) is 9.59 Å². The number of hydrogen-bond donors (Lipinski definition) is 2. The molecule has 2 amide bonds. The molecule has 2 atom stereocenters. The van der Waals surface area contributed by atoms with Crippen molar-refractivity contribution in [2.24, 2.45) is 5.92 Å². The lowest BCUT2D eigenvalue weighted by Crippen LogP contribution is -2.46. The van der Waals surface area contributed by atoms with Crippen molar-refractivity contribution in [3.8, 4) is 0 Å². The van der Waals surface area contributed by atoms with Gasteiger partial charge in [-0.25, -0.2) is 0 Å². The average Bonchev–Trinajstić information content (AvgIpc) is 2.75. The monoisotopic (exact) mass is 283 g/mol. The molecule has 6 nitrogen and oxygen atoms in total. The van der Waals surface area contributed by atoms with Crippen LogP contribution in [0.1, 0.15) is 26.2 Å². The van der Waals surface area contributed by atoms with Crippen molar-refractivity contribution in [3.63, 3.8) is 0 Å². The fraction of sp³-hybridized carbons (Fsp3) is 0.857. The third-order valence-electron chi connectivity index (χ3n) is 4.10. The summed E-state index contributed by atoms with van der Waals surface area (Å²) in [6.45, 7) is 6.30. The Bertz CT molecular complexity index is 341. The smallest absolute Gasteiger partial charge is 0.311 e. The van der Waals surface area contributed by atoms with Crippen molar-refractivity contribution < 1.29 is 14.3 Å². The molecule has 2 aliphatic rings. The number of ether oxygens (including phenoxy) is 1. The van der Waals surface area contributed by atoms with E-state index in [1.807, 2.05) is 0 Å². The zero-order chi connectivity index (χ0) is 14.4. The Kier molecular flexibility index (Phi) is 5.79. The second-order valence-corrected chi connectivity index (χ2v) is 5.47. The summed E-state index contributed by atoms with van der Waals surface area (Å²) >= 11 is 0. The molecule has 0 aromatic carbocycles. The van der Waals surface area contributed by atoms with Crippen LogP contribution < -0.4 is 10.6 Å².